The Hall–Kier alpha value is -0.650. The van der Waals surface area contributed by atoms with Crippen molar-refractivity contribution in [1.82, 2.24) is 9.97 Å². The summed E-state index contributed by atoms with van der Waals surface area (Å²) >= 11 is 12.9. The Kier molecular flexibility index (Phi) is 4.48. The summed E-state index contributed by atoms with van der Waals surface area (Å²) in [4.78, 5) is 8.90. The van der Waals surface area contributed by atoms with Crippen molar-refractivity contribution in [2.75, 3.05) is 5.73 Å². The number of aromatic nitrogens is 2. The van der Waals surface area contributed by atoms with Gasteiger partial charge in [0.1, 0.15) is 5.82 Å². The molecule has 1 aromatic carbocycles. The number of hydrogen-bond acceptors (Lipinski definition) is 3. The first-order valence-electron chi connectivity index (χ1n) is 5.68. The minimum Gasteiger partial charge on any atom is -0.383 e. The third-order valence-electron chi connectivity index (χ3n) is 2.62. The summed E-state index contributed by atoms with van der Waals surface area (Å²) in [5, 5.41) is 0.634. The van der Waals surface area contributed by atoms with Gasteiger partial charge in [-0.3, -0.25) is 0 Å². The minimum absolute atomic E-state index is 0.247. The van der Waals surface area contributed by atoms with Gasteiger partial charge in [-0.25, -0.2) is 9.97 Å². The smallest absolute Gasteiger partial charge is 0.163 e. The number of benzene rings is 1. The van der Waals surface area contributed by atoms with Crippen molar-refractivity contribution in [2.24, 2.45) is 0 Å². The van der Waals surface area contributed by atoms with Crippen molar-refractivity contribution in [3.05, 3.63) is 37.9 Å². The van der Waals surface area contributed by atoms with E-state index in [-0.39, 0.29) is 5.92 Å². The summed E-state index contributed by atoms with van der Waals surface area (Å²) in [6, 6.07) is 5.49. The Labute approximate surface area is 133 Å². The molecule has 0 saturated heterocycles. The van der Waals surface area contributed by atoms with Gasteiger partial charge in [0.05, 0.1) is 10.2 Å². The Morgan fingerprint density at radius 3 is 2.53 bits per heavy atom. The molecule has 0 radical (unpaired) electrons. The highest BCUT2D eigenvalue weighted by Crippen LogP contribution is 2.33. The average molecular weight is 406 g/mol. The molecule has 3 nitrogen and oxygen atoms in total. The van der Waals surface area contributed by atoms with Crippen molar-refractivity contribution in [3.8, 4) is 11.4 Å². The first kappa shape index (κ1) is 14.8. The first-order chi connectivity index (χ1) is 8.90. The lowest BCUT2D eigenvalue weighted by molar-refractivity contribution is 0.811. The molecule has 0 spiro atoms. The molecule has 1 aromatic heterocycles. The first-order valence-corrected chi connectivity index (χ1v) is 7.65. The second-order valence-corrected chi connectivity index (χ2v) is 6.49. The molecule has 0 bridgehead atoms. The number of anilines is 1. The minimum atomic E-state index is 0.247. The summed E-state index contributed by atoms with van der Waals surface area (Å²) in [5.74, 6) is 1.25. The molecule has 6 heteroatoms. The summed E-state index contributed by atoms with van der Waals surface area (Å²) in [5.41, 5.74) is 7.65. The van der Waals surface area contributed by atoms with E-state index in [1.807, 2.05) is 12.1 Å². The van der Waals surface area contributed by atoms with Gasteiger partial charge >= 0.3 is 0 Å². The molecule has 0 saturated carbocycles. The Morgan fingerprint density at radius 1 is 1.21 bits per heavy atom. The van der Waals surface area contributed by atoms with Crippen LogP contribution in [0.25, 0.3) is 11.4 Å². The molecule has 0 fully saturated rings. The second kappa shape index (κ2) is 5.77. The standard InChI is InChI=1S/C13H12Br2ClN3/c1-6(2)11-10(15)12(17)19-13(18-11)8-5-7(16)3-4-9(8)14/h3-6H,1-2H3,(H2,17,18,19). The van der Waals surface area contributed by atoms with Crippen LogP contribution >= 0.6 is 43.5 Å². The Morgan fingerprint density at radius 2 is 1.89 bits per heavy atom. The van der Waals surface area contributed by atoms with Gasteiger partial charge in [0.15, 0.2) is 5.82 Å². The molecule has 2 rings (SSSR count). The van der Waals surface area contributed by atoms with Crippen LogP contribution in [-0.4, -0.2) is 9.97 Å². The molecule has 0 unspecified atom stereocenters. The number of nitrogen functional groups attached to an aromatic ring is 1. The third kappa shape index (κ3) is 3.09. The molecule has 0 atom stereocenters. The van der Waals surface area contributed by atoms with E-state index in [9.17, 15) is 0 Å². The van der Waals surface area contributed by atoms with Crippen LogP contribution in [-0.2, 0) is 0 Å². The van der Waals surface area contributed by atoms with Crippen LogP contribution in [0.1, 0.15) is 25.5 Å². The maximum absolute atomic E-state index is 6.02. The van der Waals surface area contributed by atoms with Crippen LogP contribution in [0.2, 0.25) is 5.02 Å². The zero-order chi connectivity index (χ0) is 14.2. The topological polar surface area (TPSA) is 51.8 Å². The quantitative estimate of drug-likeness (QED) is 0.763. The molecule has 0 aliphatic rings. The van der Waals surface area contributed by atoms with Crippen LogP contribution in [0.3, 0.4) is 0 Å². The highest BCUT2D eigenvalue weighted by molar-refractivity contribution is 9.11. The maximum atomic E-state index is 6.02. The highest BCUT2D eigenvalue weighted by atomic mass is 79.9. The van der Waals surface area contributed by atoms with Gasteiger partial charge in [-0.1, -0.05) is 41.4 Å². The van der Waals surface area contributed by atoms with E-state index >= 15 is 0 Å². The van der Waals surface area contributed by atoms with Crippen molar-refractivity contribution >= 4 is 49.3 Å². The predicted molar refractivity (Wildman–Crippen MR) is 86.4 cm³/mol. The Bertz CT molecular complexity index is 630. The summed E-state index contributed by atoms with van der Waals surface area (Å²) in [6.45, 7) is 4.12. The number of hydrogen-bond donors (Lipinski definition) is 1. The number of nitrogens with two attached hydrogens (primary N) is 1. The van der Waals surface area contributed by atoms with Gasteiger partial charge in [0.2, 0.25) is 0 Å². The average Bonchev–Trinajstić information content (AvgIpc) is 2.35. The molecule has 2 N–H and O–H groups in total. The fraction of sp³-hybridized carbons (Fsp3) is 0.231. The summed E-state index contributed by atoms with van der Waals surface area (Å²) in [7, 11) is 0. The monoisotopic (exact) mass is 403 g/mol. The predicted octanol–water partition coefficient (Wildman–Crippen LogP) is 5.03. The molecule has 1 heterocycles. The number of rotatable bonds is 2. The van der Waals surface area contributed by atoms with Crippen molar-refractivity contribution in [3.63, 3.8) is 0 Å². The van der Waals surface area contributed by atoms with Gasteiger partial charge in [-0.2, -0.15) is 0 Å². The van der Waals surface area contributed by atoms with E-state index in [1.54, 1.807) is 6.07 Å². The molecule has 0 aliphatic carbocycles. The van der Waals surface area contributed by atoms with Crippen LogP contribution in [0.15, 0.2) is 27.1 Å². The van der Waals surface area contributed by atoms with E-state index < -0.39 is 0 Å². The Balaban J connectivity index is 2.66. The van der Waals surface area contributed by atoms with Crippen LogP contribution in [0.4, 0.5) is 5.82 Å². The van der Waals surface area contributed by atoms with Crippen molar-refractivity contribution < 1.29 is 0 Å². The molecular weight excluding hydrogens is 393 g/mol. The normalized spacial score (nSPS) is 11.1. The lowest BCUT2D eigenvalue weighted by Gasteiger charge is -2.12. The van der Waals surface area contributed by atoms with Gasteiger partial charge in [0.25, 0.3) is 0 Å². The number of halogens is 3. The third-order valence-corrected chi connectivity index (χ3v) is 4.36. The summed E-state index contributed by atoms with van der Waals surface area (Å²) in [6.07, 6.45) is 0. The molecular formula is C13H12Br2ClN3. The van der Waals surface area contributed by atoms with Gasteiger partial charge in [0, 0.05) is 15.1 Å². The van der Waals surface area contributed by atoms with Gasteiger partial charge < -0.3 is 5.73 Å². The lowest BCUT2D eigenvalue weighted by Crippen LogP contribution is -2.04. The van der Waals surface area contributed by atoms with Gasteiger partial charge in [-0.15, -0.1) is 0 Å². The van der Waals surface area contributed by atoms with Gasteiger partial charge in [-0.05, 0) is 40.0 Å². The van der Waals surface area contributed by atoms with Crippen molar-refractivity contribution in [1.29, 1.82) is 0 Å². The van der Waals surface area contributed by atoms with Crippen LogP contribution in [0, 0.1) is 0 Å². The van der Waals surface area contributed by atoms with E-state index in [1.165, 1.54) is 0 Å². The zero-order valence-corrected chi connectivity index (χ0v) is 14.3. The lowest BCUT2D eigenvalue weighted by atomic mass is 10.1. The fourth-order valence-electron chi connectivity index (χ4n) is 1.65. The second-order valence-electron chi connectivity index (χ2n) is 4.41. The molecule has 100 valence electrons. The van der Waals surface area contributed by atoms with E-state index in [0.717, 1.165) is 20.2 Å². The van der Waals surface area contributed by atoms with Crippen LogP contribution < -0.4 is 5.73 Å². The molecule has 0 aliphatic heterocycles. The maximum Gasteiger partial charge on any atom is 0.163 e. The van der Waals surface area contributed by atoms with E-state index in [2.05, 4.69) is 55.7 Å². The van der Waals surface area contributed by atoms with Crippen LogP contribution in [0.5, 0.6) is 0 Å². The van der Waals surface area contributed by atoms with E-state index in [0.29, 0.717) is 16.7 Å². The van der Waals surface area contributed by atoms with E-state index in [4.69, 9.17) is 17.3 Å². The largest absolute Gasteiger partial charge is 0.383 e. The highest BCUT2D eigenvalue weighted by Gasteiger charge is 2.15. The zero-order valence-electron chi connectivity index (χ0n) is 10.4. The fourth-order valence-corrected chi connectivity index (χ4v) is 2.89. The van der Waals surface area contributed by atoms with Crippen molar-refractivity contribution in [2.45, 2.75) is 19.8 Å². The SMILES string of the molecule is CC(C)c1nc(-c2cc(Cl)ccc2Br)nc(N)c1Br. The molecule has 2 aromatic rings. The number of nitrogens with zero attached hydrogens (tertiary/aromatic N) is 2. The molecule has 0 amide bonds. The summed E-state index contributed by atoms with van der Waals surface area (Å²) < 4.78 is 1.64. The molecule has 19 heavy (non-hydrogen) atoms.